The topological polar surface area (TPSA) is 60.4 Å². The van der Waals surface area contributed by atoms with Gasteiger partial charge < -0.3 is 4.74 Å². The molecule has 0 N–H and O–H groups in total. The average Bonchev–Trinajstić information content (AvgIpc) is 2.60. The van der Waals surface area contributed by atoms with Gasteiger partial charge in [0.05, 0.1) is 0 Å². The van der Waals surface area contributed by atoms with Crippen LogP contribution in [0.1, 0.15) is 10.4 Å². The van der Waals surface area contributed by atoms with Gasteiger partial charge in [0.1, 0.15) is 11.8 Å². The van der Waals surface area contributed by atoms with E-state index in [-0.39, 0.29) is 5.57 Å². The van der Waals surface area contributed by atoms with Gasteiger partial charge in [-0.15, -0.1) is 0 Å². The molecule has 0 saturated heterocycles. The molecular formula is C11H6O4. The first-order valence-electron chi connectivity index (χ1n) is 4.25. The number of Topliss-reactive ketones (excluding diaryl/α,β-unsaturated/α-hetero) is 2. The molecule has 0 saturated carbocycles. The molecule has 1 aliphatic heterocycles. The lowest BCUT2D eigenvalue weighted by Crippen LogP contribution is -2.15. The van der Waals surface area contributed by atoms with Crippen LogP contribution in [0.25, 0.3) is 0 Å². The number of carbonyl (C=O) groups excluding carboxylic acids is 3. The van der Waals surface area contributed by atoms with E-state index in [2.05, 4.69) is 4.74 Å². The molecule has 0 atom stereocenters. The largest absolute Gasteiger partial charge is 0.428 e. The molecule has 0 amide bonds. The van der Waals surface area contributed by atoms with Crippen molar-refractivity contribution in [3.05, 3.63) is 47.7 Å². The van der Waals surface area contributed by atoms with Crippen molar-refractivity contribution in [1.82, 2.24) is 0 Å². The second-order valence-corrected chi connectivity index (χ2v) is 2.96. The van der Waals surface area contributed by atoms with Gasteiger partial charge in [0, 0.05) is 5.56 Å². The van der Waals surface area contributed by atoms with E-state index in [0.717, 1.165) is 6.26 Å². The summed E-state index contributed by atoms with van der Waals surface area (Å²) in [4.78, 5) is 33.6. The van der Waals surface area contributed by atoms with E-state index in [9.17, 15) is 14.4 Å². The van der Waals surface area contributed by atoms with Crippen molar-refractivity contribution in [2.75, 3.05) is 0 Å². The summed E-state index contributed by atoms with van der Waals surface area (Å²) in [6.45, 7) is 0. The number of esters is 1. The Balaban J connectivity index is 2.31. The van der Waals surface area contributed by atoms with Gasteiger partial charge in [0.15, 0.2) is 5.78 Å². The molecule has 1 aliphatic rings. The van der Waals surface area contributed by atoms with Gasteiger partial charge in [-0.3, -0.25) is 9.59 Å². The second kappa shape index (κ2) is 3.49. The first-order valence-corrected chi connectivity index (χ1v) is 4.25. The number of carbonyl (C=O) groups is 3. The predicted molar refractivity (Wildman–Crippen MR) is 50.0 cm³/mol. The highest BCUT2D eigenvalue weighted by Crippen LogP contribution is 2.14. The minimum atomic E-state index is -1.01. The number of ketones is 2. The third kappa shape index (κ3) is 1.57. The van der Waals surface area contributed by atoms with E-state index in [1.165, 1.54) is 0 Å². The van der Waals surface area contributed by atoms with Crippen LogP contribution in [0.15, 0.2) is 42.2 Å². The van der Waals surface area contributed by atoms with E-state index >= 15 is 0 Å². The summed E-state index contributed by atoms with van der Waals surface area (Å²) in [5.41, 5.74) is 0.140. The molecule has 4 nitrogen and oxygen atoms in total. The van der Waals surface area contributed by atoms with Gasteiger partial charge >= 0.3 is 5.97 Å². The van der Waals surface area contributed by atoms with Gasteiger partial charge in [0.2, 0.25) is 0 Å². The molecule has 0 spiro atoms. The second-order valence-electron chi connectivity index (χ2n) is 2.96. The monoisotopic (exact) mass is 202 g/mol. The number of hydrogen-bond acceptors (Lipinski definition) is 4. The van der Waals surface area contributed by atoms with Crippen molar-refractivity contribution in [2.45, 2.75) is 0 Å². The number of rotatable bonds is 2. The molecule has 0 unspecified atom stereocenters. The Morgan fingerprint density at radius 2 is 1.73 bits per heavy atom. The maximum Gasteiger partial charge on any atom is 0.384 e. The highest BCUT2D eigenvalue weighted by atomic mass is 16.5. The van der Waals surface area contributed by atoms with E-state index in [1.807, 2.05) is 0 Å². The molecule has 0 bridgehead atoms. The van der Waals surface area contributed by atoms with E-state index in [4.69, 9.17) is 0 Å². The van der Waals surface area contributed by atoms with E-state index in [1.54, 1.807) is 30.3 Å². The Morgan fingerprint density at radius 1 is 1.07 bits per heavy atom. The summed E-state index contributed by atoms with van der Waals surface area (Å²) in [6, 6.07) is 8.24. The highest BCUT2D eigenvalue weighted by Gasteiger charge is 2.32. The fourth-order valence-electron chi connectivity index (χ4n) is 1.23. The quantitative estimate of drug-likeness (QED) is 0.309. The van der Waals surface area contributed by atoms with Crippen molar-refractivity contribution in [3.63, 3.8) is 0 Å². The molecule has 0 radical (unpaired) electrons. The van der Waals surface area contributed by atoms with Gasteiger partial charge in [-0.05, 0) is 0 Å². The van der Waals surface area contributed by atoms with Crippen LogP contribution in [0.4, 0.5) is 0 Å². The van der Waals surface area contributed by atoms with Crippen LogP contribution in [0.2, 0.25) is 0 Å². The Bertz CT molecular complexity index is 471. The first kappa shape index (κ1) is 9.33. The van der Waals surface area contributed by atoms with Gasteiger partial charge in [0.25, 0.3) is 5.78 Å². The summed E-state index contributed by atoms with van der Waals surface area (Å²) in [5, 5.41) is 0. The van der Waals surface area contributed by atoms with Crippen LogP contribution in [0.5, 0.6) is 0 Å². The Kier molecular flexibility index (Phi) is 2.17. The maximum atomic E-state index is 11.7. The molecule has 1 aromatic rings. The van der Waals surface area contributed by atoms with Crippen molar-refractivity contribution >= 4 is 17.5 Å². The minimum Gasteiger partial charge on any atom is -0.428 e. The highest BCUT2D eigenvalue weighted by molar-refractivity contribution is 6.50. The molecule has 4 heteroatoms. The van der Waals surface area contributed by atoms with Crippen molar-refractivity contribution in [2.24, 2.45) is 0 Å². The van der Waals surface area contributed by atoms with Crippen LogP contribution in [0, 0.1) is 0 Å². The Labute approximate surface area is 85.2 Å². The van der Waals surface area contributed by atoms with Crippen LogP contribution < -0.4 is 0 Å². The molecule has 0 aromatic heterocycles. The van der Waals surface area contributed by atoms with Gasteiger partial charge in [-0.2, -0.15) is 0 Å². The zero-order valence-corrected chi connectivity index (χ0v) is 7.60. The first-order chi connectivity index (χ1) is 7.20. The number of ether oxygens (including phenoxy) is 1. The molecule has 2 rings (SSSR count). The number of cyclic esters (lactones) is 1. The van der Waals surface area contributed by atoms with Crippen LogP contribution in [0.3, 0.4) is 0 Å². The lowest BCUT2D eigenvalue weighted by atomic mass is 10.0. The SMILES string of the molecule is O=C1OC=C(C(=O)c2ccccc2)C1=O. The zero-order chi connectivity index (χ0) is 10.8. The molecule has 74 valence electrons. The van der Waals surface area contributed by atoms with E-state index < -0.39 is 17.5 Å². The zero-order valence-electron chi connectivity index (χ0n) is 7.60. The number of benzene rings is 1. The standard InChI is InChI=1S/C11H6O4/c12-9(7-4-2-1-3-5-7)8-6-15-11(14)10(8)13/h1-6H. The molecular weight excluding hydrogens is 196 g/mol. The fourth-order valence-corrected chi connectivity index (χ4v) is 1.23. The summed E-state index contributed by atoms with van der Waals surface area (Å²) in [5.74, 6) is -2.38. The predicted octanol–water partition coefficient (Wildman–Crippen LogP) is 0.879. The van der Waals surface area contributed by atoms with Crippen molar-refractivity contribution in [1.29, 1.82) is 0 Å². The van der Waals surface area contributed by atoms with Crippen molar-refractivity contribution in [3.8, 4) is 0 Å². The molecule has 0 fully saturated rings. The van der Waals surface area contributed by atoms with Crippen molar-refractivity contribution < 1.29 is 19.1 Å². The van der Waals surface area contributed by atoms with Gasteiger partial charge in [-0.25, -0.2) is 4.79 Å². The van der Waals surface area contributed by atoms with Crippen LogP contribution in [-0.2, 0) is 14.3 Å². The Morgan fingerprint density at radius 3 is 2.27 bits per heavy atom. The lowest BCUT2D eigenvalue weighted by molar-refractivity contribution is -0.145. The Hall–Kier alpha value is -2.23. The number of hydrogen-bond donors (Lipinski definition) is 0. The normalized spacial score (nSPS) is 14.8. The fraction of sp³-hybridized carbons (Fsp3) is 0. The lowest BCUT2D eigenvalue weighted by Gasteiger charge is -1.96. The van der Waals surface area contributed by atoms with Crippen LogP contribution >= 0.6 is 0 Å². The summed E-state index contributed by atoms with van der Waals surface area (Å²) in [6.07, 6.45) is 0.903. The van der Waals surface area contributed by atoms with E-state index in [0.29, 0.717) is 5.56 Å². The summed E-state index contributed by atoms with van der Waals surface area (Å²) >= 11 is 0. The maximum absolute atomic E-state index is 11.7. The summed E-state index contributed by atoms with van der Waals surface area (Å²) in [7, 11) is 0. The third-order valence-corrected chi connectivity index (χ3v) is 1.99. The molecule has 15 heavy (non-hydrogen) atoms. The minimum absolute atomic E-state index is 0.216. The molecule has 0 aliphatic carbocycles. The molecule has 1 aromatic carbocycles. The molecule has 1 heterocycles. The van der Waals surface area contributed by atoms with Gasteiger partial charge in [-0.1, -0.05) is 30.3 Å². The average molecular weight is 202 g/mol. The van der Waals surface area contributed by atoms with Crippen LogP contribution in [-0.4, -0.2) is 17.5 Å². The third-order valence-electron chi connectivity index (χ3n) is 1.99. The summed E-state index contributed by atoms with van der Waals surface area (Å²) < 4.78 is 4.35. The smallest absolute Gasteiger partial charge is 0.384 e.